The van der Waals surface area contributed by atoms with Crippen LogP contribution in [-0.4, -0.2) is 27.4 Å². The molecule has 132 valence electrons. The number of aromatic nitrogens is 3. The van der Waals surface area contributed by atoms with Crippen molar-refractivity contribution in [3.05, 3.63) is 42.4 Å². The summed E-state index contributed by atoms with van der Waals surface area (Å²) in [6.45, 7) is 2.54. The lowest BCUT2D eigenvalue weighted by atomic mass is 10.1. The fourth-order valence-electron chi connectivity index (χ4n) is 3.16. The van der Waals surface area contributed by atoms with E-state index < -0.39 is 0 Å². The molecule has 0 bridgehead atoms. The summed E-state index contributed by atoms with van der Waals surface area (Å²) < 4.78 is 0. The Morgan fingerprint density at radius 2 is 2.19 bits per heavy atom. The topological polar surface area (TPSA) is 120 Å². The molecule has 7 nitrogen and oxygen atoms in total. The fourth-order valence-corrected chi connectivity index (χ4v) is 3.16. The molecule has 0 aliphatic heterocycles. The van der Waals surface area contributed by atoms with E-state index in [1.54, 1.807) is 18.6 Å². The van der Waals surface area contributed by atoms with Gasteiger partial charge in [0.05, 0.1) is 5.69 Å². The minimum Gasteiger partial charge on any atom is -0.383 e. The Bertz CT molecular complexity index is 1000. The molecule has 1 fully saturated rings. The molecular weight excluding hydrogens is 328 g/mol. The second kappa shape index (κ2) is 6.34. The zero-order valence-corrected chi connectivity index (χ0v) is 14.4. The molecular formula is C19H20N6O. The second-order valence-corrected chi connectivity index (χ2v) is 6.70. The van der Waals surface area contributed by atoms with E-state index in [0.717, 1.165) is 34.0 Å². The highest BCUT2D eigenvalue weighted by molar-refractivity contribution is 5.98. The molecule has 7 heteroatoms. The van der Waals surface area contributed by atoms with Crippen molar-refractivity contribution in [1.82, 2.24) is 15.0 Å². The number of fused-ring (bicyclic) bond motifs is 1. The summed E-state index contributed by atoms with van der Waals surface area (Å²) >= 11 is 0. The van der Waals surface area contributed by atoms with Crippen LogP contribution in [0.4, 0.5) is 11.6 Å². The first-order chi connectivity index (χ1) is 12.6. The minimum absolute atomic E-state index is 0.00592. The van der Waals surface area contributed by atoms with Gasteiger partial charge in [0.2, 0.25) is 5.91 Å². The number of nitrogens with one attached hydrogen (secondary N) is 1. The lowest BCUT2D eigenvalue weighted by Crippen LogP contribution is -2.17. The Hall–Kier alpha value is -3.06. The molecule has 3 aromatic heterocycles. The molecule has 5 N–H and O–H groups in total. The average Bonchev–Trinajstić information content (AvgIpc) is 3.42. The maximum Gasteiger partial charge on any atom is 0.228 e. The zero-order valence-electron chi connectivity index (χ0n) is 14.4. The number of amides is 1. The Labute approximate surface area is 150 Å². The molecule has 3 aromatic rings. The number of pyridine rings is 3. The molecule has 1 aliphatic carbocycles. The van der Waals surface area contributed by atoms with E-state index in [0.29, 0.717) is 18.2 Å². The number of rotatable bonds is 4. The van der Waals surface area contributed by atoms with Crippen molar-refractivity contribution in [3.8, 4) is 11.3 Å². The molecule has 0 aromatic carbocycles. The van der Waals surface area contributed by atoms with Crippen molar-refractivity contribution in [2.45, 2.75) is 13.3 Å². The van der Waals surface area contributed by atoms with E-state index in [4.69, 9.17) is 11.5 Å². The predicted octanol–water partition coefficient (Wildman–Crippen LogP) is 2.12. The first-order valence-corrected chi connectivity index (χ1v) is 8.55. The van der Waals surface area contributed by atoms with Gasteiger partial charge in [-0.05, 0) is 55.0 Å². The summed E-state index contributed by atoms with van der Waals surface area (Å²) in [5.41, 5.74) is 14.5. The van der Waals surface area contributed by atoms with Gasteiger partial charge in [0.25, 0.3) is 0 Å². The van der Waals surface area contributed by atoms with Crippen LogP contribution in [-0.2, 0) is 4.79 Å². The number of nitrogen functional groups attached to an aromatic ring is 1. The SMILES string of the molecule is Cc1ccncc1-c1cc2cc(NC(=O)[C@H]3C[C@@H]3CN)ncc2c(N)n1. The van der Waals surface area contributed by atoms with E-state index in [1.807, 2.05) is 25.1 Å². The number of anilines is 2. The highest BCUT2D eigenvalue weighted by Gasteiger charge is 2.41. The Morgan fingerprint density at radius 3 is 2.92 bits per heavy atom. The molecule has 2 atom stereocenters. The van der Waals surface area contributed by atoms with E-state index in [9.17, 15) is 4.79 Å². The van der Waals surface area contributed by atoms with Crippen LogP contribution in [0, 0.1) is 18.8 Å². The number of hydrogen-bond acceptors (Lipinski definition) is 6. The number of carbonyl (C=O) groups excluding carboxylic acids is 1. The molecule has 26 heavy (non-hydrogen) atoms. The van der Waals surface area contributed by atoms with Crippen molar-refractivity contribution < 1.29 is 4.79 Å². The first-order valence-electron chi connectivity index (χ1n) is 8.55. The quantitative estimate of drug-likeness (QED) is 0.664. The number of aryl methyl sites for hydroxylation is 1. The third kappa shape index (κ3) is 2.97. The van der Waals surface area contributed by atoms with Crippen LogP contribution in [0.2, 0.25) is 0 Å². The third-order valence-electron chi connectivity index (χ3n) is 4.87. The summed E-state index contributed by atoms with van der Waals surface area (Å²) in [6, 6.07) is 5.69. The molecule has 4 rings (SSSR count). The highest BCUT2D eigenvalue weighted by Crippen LogP contribution is 2.38. The van der Waals surface area contributed by atoms with Crippen LogP contribution in [0.15, 0.2) is 36.8 Å². The highest BCUT2D eigenvalue weighted by atomic mass is 16.2. The smallest absolute Gasteiger partial charge is 0.228 e. The Morgan fingerprint density at radius 1 is 1.35 bits per heavy atom. The first kappa shape index (κ1) is 16.4. The van der Waals surface area contributed by atoms with Gasteiger partial charge in [-0.1, -0.05) is 0 Å². The Balaban J connectivity index is 1.68. The van der Waals surface area contributed by atoms with Crippen molar-refractivity contribution >= 4 is 28.3 Å². The third-order valence-corrected chi connectivity index (χ3v) is 4.87. The van der Waals surface area contributed by atoms with Gasteiger partial charge in [-0.25, -0.2) is 9.97 Å². The largest absolute Gasteiger partial charge is 0.383 e. The lowest BCUT2D eigenvalue weighted by molar-refractivity contribution is -0.117. The van der Waals surface area contributed by atoms with E-state index >= 15 is 0 Å². The van der Waals surface area contributed by atoms with Gasteiger partial charge < -0.3 is 16.8 Å². The monoisotopic (exact) mass is 348 g/mol. The van der Waals surface area contributed by atoms with Crippen molar-refractivity contribution in [2.75, 3.05) is 17.6 Å². The number of nitrogens with two attached hydrogens (primary N) is 2. The molecule has 0 radical (unpaired) electrons. The van der Waals surface area contributed by atoms with Crippen molar-refractivity contribution in [3.63, 3.8) is 0 Å². The number of nitrogens with zero attached hydrogens (tertiary/aromatic N) is 3. The Kier molecular flexibility index (Phi) is 4.00. The molecule has 1 aliphatic rings. The van der Waals surface area contributed by atoms with Crippen molar-refractivity contribution in [1.29, 1.82) is 0 Å². The van der Waals surface area contributed by atoms with Crippen LogP contribution < -0.4 is 16.8 Å². The van der Waals surface area contributed by atoms with Gasteiger partial charge in [-0.3, -0.25) is 9.78 Å². The summed E-state index contributed by atoms with van der Waals surface area (Å²) in [7, 11) is 0. The van der Waals surface area contributed by atoms with Crippen LogP contribution in [0.25, 0.3) is 22.0 Å². The van der Waals surface area contributed by atoms with Gasteiger partial charge in [0.1, 0.15) is 11.6 Å². The molecule has 0 unspecified atom stereocenters. The average molecular weight is 348 g/mol. The van der Waals surface area contributed by atoms with Crippen LogP contribution in [0.3, 0.4) is 0 Å². The molecule has 1 saturated carbocycles. The molecule has 1 amide bonds. The van der Waals surface area contributed by atoms with Gasteiger partial charge in [-0.2, -0.15) is 0 Å². The molecule has 0 spiro atoms. The number of carbonyl (C=O) groups is 1. The van der Waals surface area contributed by atoms with Gasteiger partial charge in [0, 0.05) is 35.5 Å². The molecule has 0 saturated heterocycles. The van der Waals surface area contributed by atoms with Crippen molar-refractivity contribution in [2.24, 2.45) is 17.6 Å². The van der Waals surface area contributed by atoms with Gasteiger partial charge >= 0.3 is 0 Å². The van der Waals surface area contributed by atoms with Crippen LogP contribution in [0.1, 0.15) is 12.0 Å². The normalized spacial score (nSPS) is 18.7. The van der Waals surface area contributed by atoms with E-state index in [-0.39, 0.29) is 17.7 Å². The predicted molar refractivity (Wildman–Crippen MR) is 101 cm³/mol. The zero-order chi connectivity index (χ0) is 18.3. The maximum atomic E-state index is 12.2. The summed E-state index contributed by atoms with van der Waals surface area (Å²) in [4.78, 5) is 25.2. The van der Waals surface area contributed by atoms with Gasteiger partial charge in [-0.15, -0.1) is 0 Å². The number of hydrogen-bond donors (Lipinski definition) is 3. The van der Waals surface area contributed by atoms with E-state index in [1.165, 1.54) is 0 Å². The maximum absolute atomic E-state index is 12.2. The lowest BCUT2D eigenvalue weighted by Gasteiger charge is -2.10. The van der Waals surface area contributed by atoms with Crippen LogP contribution in [0.5, 0.6) is 0 Å². The summed E-state index contributed by atoms with van der Waals surface area (Å²) in [5, 5.41) is 4.49. The summed E-state index contributed by atoms with van der Waals surface area (Å²) in [6.07, 6.45) is 6.00. The summed E-state index contributed by atoms with van der Waals surface area (Å²) in [5.74, 6) is 1.16. The standard InChI is InChI=1S/C19H20N6O/c1-10-2-3-22-8-14(10)16-5-11-6-17(23-9-15(11)18(21)24-16)25-19(26)13-4-12(13)7-20/h2-3,5-6,8-9,12-13H,4,7,20H2,1H3,(H2,21,24)(H,23,25,26)/t12-,13+/m1/s1. The van der Waals surface area contributed by atoms with Crippen LogP contribution >= 0.6 is 0 Å². The van der Waals surface area contributed by atoms with Gasteiger partial charge in [0.15, 0.2) is 0 Å². The second-order valence-electron chi connectivity index (χ2n) is 6.70. The minimum atomic E-state index is -0.0299. The fraction of sp³-hybridized carbons (Fsp3) is 0.263. The van der Waals surface area contributed by atoms with E-state index in [2.05, 4.69) is 20.3 Å². The molecule has 3 heterocycles.